The van der Waals surface area contributed by atoms with Crippen LogP contribution in [-0.2, 0) is 4.79 Å². The second-order valence-corrected chi connectivity index (χ2v) is 4.71. The van der Waals surface area contributed by atoms with Crippen molar-refractivity contribution in [1.29, 1.82) is 0 Å². The van der Waals surface area contributed by atoms with E-state index in [9.17, 15) is 4.79 Å². The fourth-order valence-corrected chi connectivity index (χ4v) is 2.25. The number of hydrogen-bond acceptors (Lipinski definition) is 1. The van der Waals surface area contributed by atoms with E-state index in [2.05, 4.69) is 6.92 Å². The minimum Gasteiger partial charge on any atom is -0.338 e. The number of halogens is 1. The van der Waals surface area contributed by atoms with Crippen molar-refractivity contribution >= 4 is 17.5 Å². The van der Waals surface area contributed by atoms with Gasteiger partial charge in [-0.15, -0.1) is 11.6 Å². The number of alkyl halides is 1. The number of carbonyl (C=O) groups excluding carboxylic acids is 1. The minimum atomic E-state index is -0.373. The summed E-state index contributed by atoms with van der Waals surface area (Å²) in [7, 11) is 0. The molecule has 0 aromatic carbocycles. The molecule has 3 heteroatoms. The number of likely N-dealkylation sites (tertiary alicyclic amines) is 1. The van der Waals surface area contributed by atoms with E-state index in [4.69, 9.17) is 11.6 Å². The number of hydrogen-bond donors (Lipinski definition) is 0. The summed E-state index contributed by atoms with van der Waals surface area (Å²) >= 11 is 5.85. The summed E-state index contributed by atoms with van der Waals surface area (Å²) in [4.78, 5) is 13.8. The van der Waals surface area contributed by atoms with Gasteiger partial charge in [-0.1, -0.05) is 19.8 Å². The zero-order chi connectivity index (χ0) is 10.6. The summed E-state index contributed by atoms with van der Waals surface area (Å²) in [5.41, 5.74) is 0. The Labute approximate surface area is 91.6 Å². The molecule has 0 aromatic heterocycles. The molecule has 0 spiro atoms. The lowest BCUT2D eigenvalue weighted by atomic mass is 10.1. The van der Waals surface area contributed by atoms with Crippen LogP contribution in [0.4, 0.5) is 0 Å². The second-order valence-electron chi connectivity index (χ2n) is 4.06. The van der Waals surface area contributed by atoms with Gasteiger partial charge in [-0.2, -0.15) is 0 Å². The van der Waals surface area contributed by atoms with Crippen LogP contribution in [0.1, 0.15) is 46.0 Å². The molecule has 1 aliphatic rings. The molecule has 1 heterocycles. The highest BCUT2D eigenvalue weighted by Gasteiger charge is 2.26. The van der Waals surface area contributed by atoms with Crippen LogP contribution < -0.4 is 0 Å². The van der Waals surface area contributed by atoms with Crippen molar-refractivity contribution < 1.29 is 4.79 Å². The summed E-state index contributed by atoms with van der Waals surface area (Å²) in [6.45, 7) is 4.81. The van der Waals surface area contributed by atoms with Gasteiger partial charge in [0.1, 0.15) is 5.38 Å². The minimum absolute atomic E-state index is 0.111. The molecule has 0 bridgehead atoms. The first kappa shape index (κ1) is 11.8. The number of amides is 1. The predicted octanol–water partition coefficient (Wildman–Crippen LogP) is 2.79. The van der Waals surface area contributed by atoms with Gasteiger partial charge in [0, 0.05) is 12.6 Å². The molecule has 0 aliphatic carbocycles. The molecule has 0 radical (unpaired) electrons. The maximum atomic E-state index is 11.8. The highest BCUT2D eigenvalue weighted by molar-refractivity contribution is 6.30. The van der Waals surface area contributed by atoms with Crippen molar-refractivity contribution in [2.75, 3.05) is 6.54 Å². The molecule has 0 N–H and O–H groups in total. The largest absolute Gasteiger partial charge is 0.338 e. The van der Waals surface area contributed by atoms with Crippen LogP contribution in [0.2, 0.25) is 0 Å². The molecule has 2 atom stereocenters. The predicted molar refractivity (Wildman–Crippen MR) is 59.6 cm³/mol. The van der Waals surface area contributed by atoms with Crippen LogP contribution in [0.3, 0.4) is 0 Å². The van der Waals surface area contributed by atoms with Crippen LogP contribution in [0.25, 0.3) is 0 Å². The molecule has 1 aliphatic heterocycles. The van der Waals surface area contributed by atoms with Crippen molar-refractivity contribution in [2.45, 2.75) is 57.4 Å². The summed E-state index contributed by atoms with van der Waals surface area (Å²) < 4.78 is 0. The SMILES string of the molecule is CCC1CCCCCN1C(=O)C(C)Cl. The van der Waals surface area contributed by atoms with E-state index in [0.29, 0.717) is 6.04 Å². The maximum Gasteiger partial charge on any atom is 0.240 e. The van der Waals surface area contributed by atoms with Crippen molar-refractivity contribution in [3.63, 3.8) is 0 Å². The van der Waals surface area contributed by atoms with Gasteiger partial charge in [0.2, 0.25) is 5.91 Å². The Balaban J connectivity index is 2.65. The van der Waals surface area contributed by atoms with Gasteiger partial charge in [0.15, 0.2) is 0 Å². The summed E-state index contributed by atoms with van der Waals surface area (Å²) in [6, 6.07) is 0.422. The summed E-state index contributed by atoms with van der Waals surface area (Å²) in [5, 5.41) is -0.373. The van der Waals surface area contributed by atoms with Gasteiger partial charge in [-0.25, -0.2) is 0 Å². The first-order valence-corrected chi connectivity index (χ1v) is 6.05. The Kier molecular flexibility index (Phi) is 4.73. The third kappa shape index (κ3) is 2.88. The van der Waals surface area contributed by atoms with Crippen LogP contribution in [0.5, 0.6) is 0 Å². The van der Waals surface area contributed by atoms with Gasteiger partial charge in [-0.3, -0.25) is 4.79 Å². The maximum absolute atomic E-state index is 11.8. The topological polar surface area (TPSA) is 20.3 Å². The molecule has 1 saturated heterocycles. The molecular weight excluding hydrogens is 198 g/mol. The van der Waals surface area contributed by atoms with Crippen molar-refractivity contribution in [3.8, 4) is 0 Å². The summed E-state index contributed by atoms with van der Waals surface area (Å²) in [5.74, 6) is 0.111. The molecule has 82 valence electrons. The van der Waals surface area contributed by atoms with E-state index < -0.39 is 0 Å². The Morgan fingerprint density at radius 2 is 2.21 bits per heavy atom. The monoisotopic (exact) mass is 217 g/mol. The Morgan fingerprint density at radius 1 is 1.50 bits per heavy atom. The standard InChI is InChI=1S/C11H20ClNO/c1-3-10-7-5-4-6-8-13(10)11(14)9(2)12/h9-10H,3-8H2,1-2H3. The van der Waals surface area contributed by atoms with Crippen molar-refractivity contribution in [1.82, 2.24) is 4.90 Å². The highest BCUT2D eigenvalue weighted by atomic mass is 35.5. The van der Waals surface area contributed by atoms with E-state index in [1.165, 1.54) is 12.8 Å². The third-order valence-corrected chi connectivity index (χ3v) is 3.16. The van der Waals surface area contributed by atoms with Crippen molar-refractivity contribution in [2.24, 2.45) is 0 Å². The van der Waals surface area contributed by atoms with Gasteiger partial charge < -0.3 is 4.90 Å². The highest BCUT2D eigenvalue weighted by Crippen LogP contribution is 2.20. The molecule has 1 fully saturated rings. The average Bonchev–Trinajstić information content (AvgIpc) is 2.40. The second kappa shape index (κ2) is 5.59. The van der Waals surface area contributed by atoms with Crippen LogP contribution in [0.15, 0.2) is 0 Å². The zero-order valence-electron chi connectivity index (χ0n) is 9.13. The first-order chi connectivity index (χ1) is 6.66. The van der Waals surface area contributed by atoms with Gasteiger partial charge in [-0.05, 0) is 26.2 Å². The molecule has 1 rings (SSSR count). The molecular formula is C11H20ClNO. The number of rotatable bonds is 2. The average molecular weight is 218 g/mol. The normalized spacial score (nSPS) is 25.6. The van der Waals surface area contributed by atoms with Gasteiger partial charge in [0.25, 0.3) is 0 Å². The quantitative estimate of drug-likeness (QED) is 0.652. The summed E-state index contributed by atoms with van der Waals surface area (Å²) in [6.07, 6.45) is 5.82. The molecule has 2 nitrogen and oxygen atoms in total. The van der Waals surface area contributed by atoms with Crippen molar-refractivity contribution in [3.05, 3.63) is 0 Å². The van der Waals surface area contributed by atoms with Crippen LogP contribution in [0, 0.1) is 0 Å². The molecule has 0 aromatic rings. The lowest BCUT2D eigenvalue weighted by molar-refractivity contribution is -0.132. The molecule has 14 heavy (non-hydrogen) atoms. The van der Waals surface area contributed by atoms with E-state index >= 15 is 0 Å². The molecule has 1 amide bonds. The fourth-order valence-electron chi connectivity index (χ4n) is 2.12. The Morgan fingerprint density at radius 3 is 2.79 bits per heavy atom. The van der Waals surface area contributed by atoms with Gasteiger partial charge >= 0.3 is 0 Å². The Hall–Kier alpha value is -0.240. The number of carbonyl (C=O) groups is 1. The third-order valence-electron chi connectivity index (χ3n) is 2.97. The Bertz CT molecular complexity index is 194. The van der Waals surface area contributed by atoms with E-state index in [0.717, 1.165) is 25.8 Å². The van der Waals surface area contributed by atoms with Crippen LogP contribution >= 0.6 is 11.6 Å². The first-order valence-electron chi connectivity index (χ1n) is 5.61. The smallest absolute Gasteiger partial charge is 0.240 e. The van der Waals surface area contributed by atoms with E-state index in [1.54, 1.807) is 6.92 Å². The lowest BCUT2D eigenvalue weighted by Crippen LogP contribution is -2.42. The van der Waals surface area contributed by atoms with E-state index in [1.807, 2.05) is 4.90 Å². The molecule has 2 unspecified atom stereocenters. The lowest BCUT2D eigenvalue weighted by Gasteiger charge is -2.30. The molecule has 0 saturated carbocycles. The number of nitrogens with zero attached hydrogens (tertiary/aromatic N) is 1. The van der Waals surface area contributed by atoms with Crippen LogP contribution in [-0.4, -0.2) is 28.8 Å². The zero-order valence-corrected chi connectivity index (χ0v) is 9.89. The van der Waals surface area contributed by atoms with E-state index in [-0.39, 0.29) is 11.3 Å². The fraction of sp³-hybridized carbons (Fsp3) is 0.909. The van der Waals surface area contributed by atoms with Gasteiger partial charge in [0.05, 0.1) is 0 Å².